The van der Waals surface area contributed by atoms with Crippen LogP contribution in [0.5, 0.6) is 0 Å². The third-order valence-electron chi connectivity index (χ3n) is 4.56. The van der Waals surface area contributed by atoms with Crippen LogP contribution >= 0.6 is 0 Å². The third-order valence-corrected chi connectivity index (χ3v) is 4.56. The summed E-state index contributed by atoms with van der Waals surface area (Å²) in [5.41, 5.74) is 2.76. The third kappa shape index (κ3) is 2.14. The second kappa shape index (κ2) is 5.02. The molecule has 2 aliphatic rings. The van der Waals surface area contributed by atoms with Crippen molar-refractivity contribution in [3.8, 4) is 0 Å². The van der Waals surface area contributed by atoms with E-state index in [1.807, 2.05) is 0 Å². The van der Waals surface area contributed by atoms with Crippen LogP contribution in [0.2, 0.25) is 0 Å². The second-order valence-electron chi connectivity index (χ2n) is 5.88. The Bertz CT molecular complexity index is 601. The first-order valence-corrected chi connectivity index (χ1v) is 7.54. The van der Waals surface area contributed by atoms with Crippen molar-refractivity contribution in [1.29, 1.82) is 0 Å². The molecule has 0 radical (unpaired) electrons. The lowest BCUT2D eigenvalue weighted by Crippen LogP contribution is -2.28. The number of aromatic nitrogens is 2. The largest absolute Gasteiger partial charge is 0.338 e. The minimum Gasteiger partial charge on any atom is -0.338 e. The Morgan fingerprint density at radius 2 is 1.90 bits per heavy atom. The van der Waals surface area contributed by atoms with Gasteiger partial charge < -0.3 is 9.84 Å². The number of hydrogen-bond donors (Lipinski definition) is 1. The molecule has 1 aromatic carbocycles. The molecule has 4 nitrogen and oxygen atoms in total. The number of benzene rings is 1. The highest BCUT2D eigenvalue weighted by molar-refractivity contribution is 5.30. The molecule has 2 aromatic rings. The van der Waals surface area contributed by atoms with E-state index >= 15 is 0 Å². The van der Waals surface area contributed by atoms with Crippen LogP contribution in [-0.4, -0.2) is 10.1 Å². The van der Waals surface area contributed by atoms with Crippen LogP contribution in [-0.2, 0) is 13.0 Å². The van der Waals surface area contributed by atoms with E-state index in [4.69, 9.17) is 4.52 Å². The molecule has 1 atom stereocenters. The van der Waals surface area contributed by atoms with Gasteiger partial charge in [0.1, 0.15) is 0 Å². The molecule has 4 rings (SSSR count). The van der Waals surface area contributed by atoms with Crippen molar-refractivity contribution in [2.45, 2.75) is 50.6 Å². The van der Waals surface area contributed by atoms with Crippen molar-refractivity contribution >= 4 is 0 Å². The van der Waals surface area contributed by atoms with Crippen LogP contribution in [0.15, 0.2) is 28.8 Å². The van der Waals surface area contributed by atoms with Crippen LogP contribution in [0, 0.1) is 0 Å². The summed E-state index contributed by atoms with van der Waals surface area (Å²) in [5.74, 6) is 2.18. The van der Waals surface area contributed by atoms with Gasteiger partial charge in [0, 0.05) is 12.5 Å². The Labute approximate surface area is 118 Å². The lowest BCUT2D eigenvalue weighted by molar-refractivity contribution is 0.317. The van der Waals surface area contributed by atoms with E-state index in [0.717, 1.165) is 24.7 Å². The van der Waals surface area contributed by atoms with Gasteiger partial charge in [0.25, 0.3) is 0 Å². The van der Waals surface area contributed by atoms with Gasteiger partial charge in [-0.1, -0.05) is 42.3 Å². The van der Waals surface area contributed by atoms with Crippen LogP contribution in [0.1, 0.15) is 60.5 Å². The van der Waals surface area contributed by atoms with Crippen molar-refractivity contribution in [1.82, 2.24) is 15.5 Å². The summed E-state index contributed by atoms with van der Waals surface area (Å²) >= 11 is 0. The van der Waals surface area contributed by atoms with Crippen molar-refractivity contribution in [3.05, 3.63) is 47.1 Å². The van der Waals surface area contributed by atoms with Gasteiger partial charge in [-0.25, -0.2) is 0 Å². The summed E-state index contributed by atoms with van der Waals surface area (Å²) < 4.78 is 5.51. The van der Waals surface area contributed by atoms with Gasteiger partial charge in [-0.3, -0.25) is 0 Å². The van der Waals surface area contributed by atoms with Crippen LogP contribution in [0.25, 0.3) is 0 Å². The lowest BCUT2D eigenvalue weighted by Gasteiger charge is -2.23. The van der Waals surface area contributed by atoms with E-state index < -0.39 is 0 Å². The maximum atomic E-state index is 5.51. The fraction of sp³-hybridized carbons (Fsp3) is 0.500. The number of fused-ring (bicyclic) bond motifs is 1. The quantitative estimate of drug-likeness (QED) is 0.910. The Morgan fingerprint density at radius 3 is 2.75 bits per heavy atom. The molecule has 104 valence electrons. The SMILES string of the molecule is c1ccc2c(c1)CN[C@@H](c1nc(C3CCCC3)no1)C2. The molecule has 20 heavy (non-hydrogen) atoms. The van der Waals surface area contributed by atoms with E-state index in [2.05, 4.69) is 39.7 Å². The van der Waals surface area contributed by atoms with E-state index in [0.29, 0.717) is 5.92 Å². The average Bonchev–Trinajstić information content (AvgIpc) is 3.17. The molecule has 2 heterocycles. The maximum absolute atomic E-state index is 5.51. The van der Waals surface area contributed by atoms with Crippen LogP contribution in [0.4, 0.5) is 0 Å². The summed E-state index contributed by atoms with van der Waals surface area (Å²) in [7, 11) is 0. The molecule has 1 aliphatic carbocycles. The predicted molar refractivity (Wildman–Crippen MR) is 75.2 cm³/mol. The van der Waals surface area contributed by atoms with E-state index in [-0.39, 0.29) is 6.04 Å². The zero-order valence-electron chi connectivity index (χ0n) is 11.5. The lowest BCUT2D eigenvalue weighted by atomic mass is 9.96. The first-order valence-electron chi connectivity index (χ1n) is 7.54. The first kappa shape index (κ1) is 12.1. The number of nitrogens with one attached hydrogen (secondary N) is 1. The van der Waals surface area contributed by atoms with Crippen LogP contribution < -0.4 is 5.32 Å². The molecule has 1 saturated carbocycles. The maximum Gasteiger partial charge on any atom is 0.244 e. The molecule has 4 heteroatoms. The molecular formula is C16H19N3O. The summed E-state index contributed by atoms with van der Waals surface area (Å²) in [6, 6.07) is 8.71. The molecular weight excluding hydrogens is 250 g/mol. The predicted octanol–water partition coefficient (Wildman–Crippen LogP) is 3.11. The van der Waals surface area contributed by atoms with E-state index in [9.17, 15) is 0 Å². The van der Waals surface area contributed by atoms with Crippen molar-refractivity contribution in [3.63, 3.8) is 0 Å². The highest BCUT2D eigenvalue weighted by atomic mass is 16.5. The Kier molecular flexibility index (Phi) is 3.03. The van der Waals surface area contributed by atoms with E-state index in [1.54, 1.807) is 0 Å². The van der Waals surface area contributed by atoms with Gasteiger partial charge in [-0.05, 0) is 30.4 Å². The van der Waals surface area contributed by atoms with Gasteiger partial charge >= 0.3 is 0 Å². The summed E-state index contributed by atoms with van der Waals surface area (Å²) in [6.07, 6.45) is 5.94. The molecule has 0 spiro atoms. The minimum atomic E-state index is 0.160. The standard InChI is InChI=1S/C16H19N3O/c1-2-6-11(5-1)15-18-16(20-19-15)14-9-12-7-3-4-8-13(12)10-17-14/h3-4,7-8,11,14,17H,1-2,5-6,9-10H2/t14-/m1/s1. The van der Waals surface area contributed by atoms with Crippen molar-refractivity contribution in [2.75, 3.05) is 0 Å². The fourth-order valence-corrected chi connectivity index (χ4v) is 3.37. The number of nitrogens with zero attached hydrogens (tertiary/aromatic N) is 2. The summed E-state index contributed by atoms with van der Waals surface area (Å²) in [4.78, 5) is 4.65. The van der Waals surface area contributed by atoms with Gasteiger partial charge in [0.2, 0.25) is 5.89 Å². The molecule has 1 fully saturated rings. The highest BCUT2D eigenvalue weighted by Gasteiger charge is 2.27. The van der Waals surface area contributed by atoms with Crippen LogP contribution in [0.3, 0.4) is 0 Å². The van der Waals surface area contributed by atoms with E-state index in [1.165, 1.54) is 36.8 Å². The molecule has 1 N–H and O–H groups in total. The molecule has 1 aromatic heterocycles. The summed E-state index contributed by atoms with van der Waals surface area (Å²) in [6.45, 7) is 0.877. The van der Waals surface area contributed by atoms with Crippen molar-refractivity contribution < 1.29 is 4.52 Å². The Balaban J connectivity index is 1.54. The fourth-order valence-electron chi connectivity index (χ4n) is 3.37. The van der Waals surface area contributed by atoms with Gasteiger partial charge in [-0.15, -0.1) is 0 Å². The molecule has 0 saturated heterocycles. The zero-order chi connectivity index (χ0) is 13.4. The molecule has 0 unspecified atom stereocenters. The number of rotatable bonds is 2. The first-order chi connectivity index (χ1) is 9.90. The summed E-state index contributed by atoms with van der Waals surface area (Å²) in [5, 5.41) is 7.70. The Morgan fingerprint density at radius 1 is 1.10 bits per heavy atom. The molecule has 0 amide bonds. The number of hydrogen-bond acceptors (Lipinski definition) is 4. The highest BCUT2D eigenvalue weighted by Crippen LogP contribution is 2.33. The normalized spacial score (nSPS) is 22.9. The average molecular weight is 269 g/mol. The van der Waals surface area contributed by atoms with Gasteiger partial charge in [0.05, 0.1) is 6.04 Å². The van der Waals surface area contributed by atoms with Crippen molar-refractivity contribution in [2.24, 2.45) is 0 Å². The second-order valence-corrected chi connectivity index (χ2v) is 5.88. The monoisotopic (exact) mass is 269 g/mol. The van der Waals surface area contributed by atoms with Gasteiger partial charge in [-0.2, -0.15) is 4.98 Å². The minimum absolute atomic E-state index is 0.160. The topological polar surface area (TPSA) is 51.0 Å². The Hall–Kier alpha value is -1.68. The smallest absolute Gasteiger partial charge is 0.244 e. The van der Waals surface area contributed by atoms with Gasteiger partial charge in [0.15, 0.2) is 5.82 Å². The molecule has 0 bridgehead atoms. The zero-order valence-corrected chi connectivity index (χ0v) is 11.5. The molecule has 1 aliphatic heterocycles.